The van der Waals surface area contributed by atoms with Gasteiger partial charge in [0, 0.05) is 25.3 Å². The minimum Gasteiger partial charge on any atom is -0.464 e. The van der Waals surface area contributed by atoms with Crippen LogP contribution < -0.4 is 4.72 Å². The summed E-state index contributed by atoms with van der Waals surface area (Å²) in [5, 5.41) is 4.49. The predicted molar refractivity (Wildman–Crippen MR) is 87.1 cm³/mol. The van der Waals surface area contributed by atoms with E-state index in [1.807, 2.05) is 30.7 Å². The molecular weight excluding hydrogens is 316 g/mol. The van der Waals surface area contributed by atoms with Crippen molar-refractivity contribution >= 4 is 10.2 Å². The SMILES string of the molecule is Cc1nn(CCNS(=O)(=O)N2CCCC2)c(C)c1-c1ccco1. The van der Waals surface area contributed by atoms with Crippen molar-refractivity contribution in [3.8, 4) is 11.3 Å². The molecule has 0 spiro atoms. The first-order valence-corrected chi connectivity index (χ1v) is 9.25. The second kappa shape index (κ2) is 6.46. The average Bonchev–Trinajstić information content (AvgIpc) is 3.22. The maximum atomic E-state index is 12.1. The second-order valence-corrected chi connectivity index (χ2v) is 7.51. The molecular formula is C15H22N4O3S. The van der Waals surface area contributed by atoms with Gasteiger partial charge in [-0.25, -0.2) is 4.72 Å². The molecule has 0 saturated carbocycles. The molecule has 126 valence electrons. The molecule has 0 atom stereocenters. The van der Waals surface area contributed by atoms with Crippen molar-refractivity contribution in [3.63, 3.8) is 0 Å². The predicted octanol–water partition coefficient (Wildman–Crippen LogP) is 1.69. The van der Waals surface area contributed by atoms with Crippen LogP contribution in [0.15, 0.2) is 22.8 Å². The minimum atomic E-state index is -3.37. The standard InChI is InChI=1S/C15H22N4O3S/c1-12-15(14-6-5-11-22-14)13(2)19(17-12)10-7-16-23(20,21)18-8-3-4-9-18/h5-6,11,16H,3-4,7-10H2,1-2H3. The number of hydrogen-bond donors (Lipinski definition) is 1. The Labute approximate surface area is 136 Å². The first-order valence-electron chi connectivity index (χ1n) is 7.81. The van der Waals surface area contributed by atoms with E-state index in [9.17, 15) is 8.42 Å². The molecule has 0 aliphatic carbocycles. The van der Waals surface area contributed by atoms with E-state index in [1.165, 1.54) is 4.31 Å². The van der Waals surface area contributed by atoms with Crippen LogP contribution in [-0.2, 0) is 16.8 Å². The summed E-state index contributed by atoms with van der Waals surface area (Å²) in [7, 11) is -3.37. The van der Waals surface area contributed by atoms with E-state index in [0.29, 0.717) is 26.2 Å². The molecule has 2 aromatic heterocycles. The fourth-order valence-electron chi connectivity index (χ4n) is 2.99. The number of hydrogen-bond acceptors (Lipinski definition) is 4. The Bertz CT molecular complexity index is 759. The average molecular weight is 338 g/mol. The van der Waals surface area contributed by atoms with Gasteiger partial charge in [-0.2, -0.15) is 17.8 Å². The van der Waals surface area contributed by atoms with Gasteiger partial charge in [-0.3, -0.25) is 4.68 Å². The number of aromatic nitrogens is 2. The Hall–Kier alpha value is -1.64. The lowest BCUT2D eigenvalue weighted by Crippen LogP contribution is -2.40. The molecule has 0 unspecified atom stereocenters. The molecule has 0 radical (unpaired) electrons. The topological polar surface area (TPSA) is 80.4 Å². The van der Waals surface area contributed by atoms with Crippen LogP contribution in [0.1, 0.15) is 24.2 Å². The van der Waals surface area contributed by atoms with Crippen molar-refractivity contribution in [3.05, 3.63) is 29.8 Å². The van der Waals surface area contributed by atoms with E-state index in [1.54, 1.807) is 6.26 Å². The monoisotopic (exact) mass is 338 g/mol. The van der Waals surface area contributed by atoms with Crippen molar-refractivity contribution in [2.45, 2.75) is 33.2 Å². The van der Waals surface area contributed by atoms with Crippen molar-refractivity contribution in [2.75, 3.05) is 19.6 Å². The van der Waals surface area contributed by atoms with Gasteiger partial charge < -0.3 is 4.42 Å². The van der Waals surface area contributed by atoms with Crippen LogP contribution in [0, 0.1) is 13.8 Å². The maximum absolute atomic E-state index is 12.1. The number of nitrogens with one attached hydrogen (secondary N) is 1. The number of aryl methyl sites for hydroxylation is 1. The van der Waals surface area contributed by atoms with Gasteiger partial charge in [-0.15, -0.1) is 0 Å². The van der Waals surface area contributed by atoms with Gasteiger partial charge >= 0.3 is 0 Å². The summed E-state index contributed by atoms with van der Waals surface area (Å²) < 4.78 is 35.7. The maximum Gasteiger partial charge on any atom is 0.279 e. The highest BCUT2D eigenvalue weighted by atomic mass is 32.2. The normalized spacial score (nSPS) is 16.3. The second-order valence-electron chi connectivity index (χ2n) is 5.75. The molecule has 0 amide bonds. The van der Waals surface area contributed by atoms with Gasteiger partial charge in [0.2, 0.25) is 0 Å². The van der Waals surface area contributed by atoms with Crippen LogP contribution in [0.5, 0.6) is 0 Å². The van der Waals surface area contributed by atoms with Gasteiger partial charge in [-0.05, 0) is 38.8 Å². The third-order valence-electron chi connectivity index (χ3n) is 4.16. The Kier molecular flexibility index (Phi) is 4.56. The zero-order valence-electron chi connectivity index (χ0n) is 13.4. The summed E-state index contributed by atoms with van der Waals surface area (Å²) in [4.78, 5) is 0. The first kappa shape index (κ1) is 16.2. The fourth-order valence-corrected chi connectivity index (χ4v) is 4.26. The van der Waals surface area contributed by atoms with Crippen LogP contribution in [0.3, 0.4) is 0 Å². The van der Waals surface area contributed by atoms with Gasteiger partial charge in [0.1, 0.15) is 5.76 Å². The lowest BCUT2D eigenvalue weighted by Gasteiger charge is -2.16. The van der Waals surface area contributed by atoms with E-state index >= 15 is 0 Å². The highest BCUT2D eigenvalue weighted by molar-refractivity contribution is 7.87. The Morgan fingerprint density at radius 1 is 1.30 bits per heavy atom. The van der Waals surface area contributed by atoms with Crippen molar-refractivity contribution in [1.29, 1.82) is 0 Å². The third-order valence-corrected chi connectivity index (χ3v) is 5.78. The van der Waals surface area contributed by atoms with Crippen molar-refractivity contribution in [1.82, 2.24) is 18.8 Å². The van der Waals surface area contributed by atoms with Crippen molar-refractivity contribution < 1.29 is 12.8 Å². The van der Waals surface area contributed by atoms with E-state index in [2.05, 4.69) is 9.82 Å². The molecule has 1 aliphatic heterocycles. The lowest BCUT2D eigenvalue weighted by atomic mass is 10.1. The Morgan fingerprint density at radius 2 is 2.04 bits per heavy atom. The molecule has 1 fully saturated rings. The van der Waals surface area contributed by atoms with E-state index < -0.39 is 10.2 Å². The van der Waals surface area contributed by atoms with Gasteiger partial charge in [-0.1, -0.05) is 0 Å². The van der Waals surface area contributed by atoms with Gasteiger partial charge in [0.05, 0.1) is 24.1 Å². The number of rotatable bonds is 6. The van der Waals surface area contributed by atoms with Crippen molar-refractivity contribution in [2.24, 2.45) is 0 Å². The molecule has 1 N–H and O–H groups in total. The molecule has 7 nitrogen and oxygen atoms in total. The molecule has 3 heterocycles. The van der Waals surface area contributed by atoms with E-state index in [0.717, 1.165) is 35.6 Å². The van der Waals surface area contributed by atoms with Crippen LogP contribution in [0.2, 0.25) is 0 Å². The first-order chi connectivity index (χ1) is 11.0. The molecule has 0 aromatic carbocycles. The largest absolute Gasteiger partial charge is 0.464 e. The summed E-state index contributed by atoms with van der Waals surface area (Å²) in [6.45, 7) is 5.91. The van der Waals surface area contributed by atoms with E-state index in [-0.39, 0.29) is 0 Å². The summed E-state index contributed by atoms with van der Waals surface area (Å²) >= 11 is 0. The quantitative estimate of drug-likeness (QED) is 0.869. The van der Waals surface area contributed by atoms with Crippen LogP contribution in [0.4, 0.5) is 0 Å². The number of nitrogens with zero attached hydrogens (tertiary/aromatic N) is 3. The lowest BCUT2D eigenvalue weighted by molar-refractivity contribution is 0.460. The summed E-state index contributed by atoms with van der Waals surface area (Å²) in [6.07, 6.45) is 3.51. The molecule has 23 heavy (non-hydrogen) atoms. The zero-order chi connectivity index (χ0) is 16.4. The zero-order valence-corrected chi connectivity index (χ0v) is 14.3. The fraction of sp³-hybridized carbons (Fsp3) is 0.533. The van der Waals surface area contributed by atoms with Crippen LogP contribution in [0.25, 0.3) is 11.3 Å². The summed E-state index contributed by atoms with van der Waals surface area (Å²) in [6, 6.07) is 3.74. The minimum absolute atomic E-state index is 0.318. The van der Waals surface area contributed by atoms with Crippen LogP contribution >= 0.6 is 0 Å². The summed E-state index contributed by atoms with van der Waals surface area (Å²) in [5.41, 5.74) is 2.81. The van der Waals surface area contributed by atoms with Crippen LogP contribution in [-0.4, -0.2) is 42.1 Å². The molecule has 3 rings (SSSR count). The molecule has 8 heteroatoms. The third kappa shape index (κ3) is 3.34. The smallest absolute Gasteiger partial charge is 0.279 e. The molecule has 1 saturated heterocycles. The van der Waals surface area contributed by atoms with E-state index in [4.69, 9.17) is 4.42 Å². The van der Waals surface area contributed by atoms with Gasteiger partial charge in [0.15, 0.2) is 0 Å². The molecule has 0 bridgehead atoms. The number of furan rings is 1. The Morgan fingerprint density at radius 3 is 2.70 bits per heavy atom. The Balaban J connectivity index is 1.66. The molecule has 2 aromatic rings. The summed E-state index contributed by atoms with van der Waals surface area (Å²) in [5.74, 6) is 0.781. The molecule has 1 aliphatic rings. The van der Waals surface area contributed by atoms with Gasteiger partial charge in [0.25, 0.3) is 10.2 Å². The highest BCUT2D eigenvalue weighted by Gasteiger charge is 2.24. The highest BCUT2D eigenvalue weighted by Crippen LogP contribution is 2.27.